The monoisotopic (exact) mass is 592 g/mol. The average molecular weight is 594 g/mol. The molecule has 0 radical (unpaired) electrons. The van der Waals surface area contributed by atoms with Gasteiger partial charge in [0, 0.05) is 30.2 Å². The summed E-state index contributed by atoms with van der Waals surface area (Å²) in [6.07, 6.45) is 3.49. The second kappa shape index (κ2) is 11.3. The van der Waals surface area contributed by atoms with Gasteiger partial charge in [-0.3, -0.25) is 5.10 Å². The Kier molecular flexibility index (Phi) is 7.94. The molecule has 6 aromatic heterocycles. The Morgan fingerprint density at radius 3 is 2.09 bits per heavy atom. The van der Waals surface area contributed by atoms with Gasteiger partial charge in [-0.25, -0.2) is 24.6 Å². The predicted molar refractivity (Wildman–Crippen MR) is 146 cm³/mol. The Hall–Kier alpha value is -3.50. The Morgan fingerprint density at radius 1 is 0.743 bits per heavy atom. The zero-order chi connectivity index (χ0) is 24.8. The van der Waals surface area contributed by atoms with Crippen LogP contribution in [0, 0.1) is 0 Å². The van der Waals surface area contributed by atoms with Gasteiger partial charge in [-0.05, 0) is 80.4 Å². The lowest BCUT2D eigenvalue weighted by Crippen LogP contribution is -1.91. The third-order valence-electron chi connectivity index (χ3n) is 4.86. The summed E-state index contributed by atoms with van der Waals surface area (Å²) in [6, 6.07) is 19.3. The number of aromatic amines is 1. The summed E-state index contributed by atoms with van der Waals surface area (Å²) < 4.78 is 3.38. The summed E-state index contributed by atoms with van der Waals surface area (Å²) in [7, 11) is 1.89. The molecular formula is C25H22Br2N8. The number of fused-ring (bicyclic) bond motifs is 2. The van der Waals surface area contributed by atoms with E-state index >= 15 is 0 Å². The summed E-state index contributed by atoms with van der Waals surface area (Å²) >= 11 is 6.72. The third kappa shape index (κ3) is 5.44. The van der Waals surface area contributed by atoms with Gasteiger partial charge in [-0.15, -0.1) is 0 Å². The molecule has 0 bridgehead atoms. The highest BCUT2D eigenvalue weighted by Gasteiger charge is 2.12. The molecule has 0 saturated carbocycles. The first-order chi connectivity index (χ1) is 17.1. The van der Waals surface area contributed by atoms with Crippen LogP contribution < -0.4 is 0 Å². The molecule has 1 N–H and O–H groups in total. The highest BCUT2D eigenvalue weighted by molar-refractivity contribution is 9.10. The summed E-state index contributed by atoms with van der Waals surface area (Å²) in [4.78, 5) is 17.3. The van der Waals surface area contributed by atoms with Gasteiger partial charge in [0.15, 0.2) is 11.3 Å². The van der Waals surface area contributed by atoms with E-state index in [1.165, 1.54) is 0 Å². The lowest BCUT2D eigenvalue weighted by Gasteiger charge is -1.97. The van der Waals surface area contributed by atoms with E-state index in [4.69, 9.17) is 0 Å². The zero-order valence-electron chi connectivity index (χ0n) is 19.3. The van der Waals surface area contributed by atoms with Crippen LogP contribution in [0.4, 0.5) is 0 Å². The third-order valence-corrected chi connectivity index (χ3v) is 5.74. The van der Waals surface area contributed by atoms with Crippen LogP contribution in [-0.2, 0) is 7.05 Å². The Balaban J connectivity index is 0.000000155. The second-order valence-corrected chi connectivity index (χ2v) is 8.64. The molecule has 8 nitrogen and oxygen atoms in total. The van der Waals surface area contributed by atoms with Gasteiger partial charge in [-0.1, -0.05) is 26.0 Å². The first-order valence-electron chi connectivity index (χ1n) is 10.9. The molecule has 6 heterocycles. The van der Waals surface area contributed by atoms with E-state index < -0.39 is 0 Å². The van der Waals surface area contributed by atoms with Crippen molar-refractivity contribution >= 4 is 53.9 Å². The van der Waals surface area contributed by atoms with E-state index in [1.807, 2.05) is 81.6 Å². The topological polar surface area (TPSA) is 98.1 Å². The molecule has 0 fully saturated rings. The molecule has 0 aromatic carbocycles. The fourth-order valence-electron chi connectivity index (χ4n) is 3.41. The van der Waals surface area contributed by atoms with E-state index in [1.54, 1.807) is 17.1 Å². The van der Waals surface area contributed by atoms with E-state index in [0.717, 1.165) is 48.4 Å². The molecule has 0 aliphatic carbocycles. The number of rotatable bonds is 2. The molecule has 6 rings (SSSR count). The molecule has 176 valence electrons. The van der Waals surface area contributed by atoms with Crippen molar-refractivity contribution in [2.24, 2.45) is 7.05 Å². The summed E-state index contributed by atoms with van der Waals surface area (Å²) in [5.41, 5.74) is 5.02. The number of aryl methyl sites for hydroxylation is 1. The lowest BCUT2D eigenvalue weighted by atomic mass is 10.2. The summed E-state index contributed by atoms with van der Waals surface area (Å²) in [5, 5.41) is 13.6. The van der Waals surface area contributed by atoms with Crippen molar-refractivity contribution in [3.63, 3.8) is 0 Å². The van der Waals surface area contributed by atoms with Crippen LogP contribution >= 0.6 is 31.9 Å². The van der Waals surface area contributed by atoms with Crippen molar-refractivity contribution in [1.82, 2.24) is 39.9 Å². The fourth-order valence-corrected chi connectivity index (χ4v) is 4.10. The predicted octanol–water partition coefficient (Wildman–Crippen LogP) is 6.60. The first kappa shape index (κ1) is 24.6. The maximum absolute atomic E-state index is 4.47. The van der Waals surface area contributed by atoms with E-state index in [-0.39, 0.29) is 0 Å². The van der Waals surface area contributed by atoms with E-state index in [2.05, 4.69) is 67.1 Å². The quantitative estimate of drug-likeness (QED) is 0.227. The number of nitrogens with one attached hydrogen (secondary N) is 1. The number of hydrogen-bond donors (Lipinski definition) is 1. The van der Waals surface area contributed by atoms with Crippen molar-refractivity contribution < 1.29 is 0 Å². The highest BCUT2D eigenvalue weighted by atomic mass is 79.9. The number of halogens is 2. The number of hydrogen-bond acceptors (Lipinski definition) is 6. The van der Waals surface area contributed by atoms with Crippen LogP contribution in [0.2, 0.25) is 0 Å². The normalized spacial score (nSPS) is 10.4. The molecule has 6 aromatic rings. The minimum absolute atomic E-state index is 0.708. The van der Waals surface area contributed by atoms with E-state index in [0.29, 0.717) is 5.65 Å². The second-order valence-electron chi connectivity index (χ2n) is 7.01. The molecule has 0 saturated heterocycles. The van der Waals surface area contributed by atoms with Gasteiger partial charge >= 0.3 is 0 Å². The molecule has 35 heavy (non-hydrogen) atoms. The molecule has 0 atom stereocenters. The minimum Gasteiger partial charge on any atom is -0.273 e. The Labute approximate surface area is 219 Å². The van der Waals surface area contributed by atoms with Crippen LogP contribution in [0.1, 0.15) is 13.8 Å². The van der Waals surface area contributed by atoms with Gasteiger partial charge < -0.3 is 0 Å². The first-order valence-corrected chi connectivity index (χ1v) is 12.5. The molecular weight excluding hydrogens is 572 g/mol. The van der Waals surface area contributed by atoms with Crippen molar-refractivity contribution in [3.05, 3.63) is 82.3 Å². The molecule has 0 spiro atoms. The molecule has 0 unspecified atom stereocenters. The number of H-pyrrole nitrogens is 1. The van der Waals surface area contributed by atoms with Crippen molar-refractivity contribution in [2.75, 3.05) is 0 Å². The Morgan fingerprint density at radius 2 is 1.37 bits per heavy atom. The van der Waals surface area contributed by atoms with Crippen LogP contribution in [0.15, 0.2) is 82.3 Å². The molecule has 0 amide bonds. The number of aromatic nitrogens is 8. The van der Waals surface area contributed by atoms with E-state index in [9.17, 15) is 0 Å². The maximum atomic E-state index is 4.47. The van der Waals surface area contributed by atoms with Crippen molar-refractivity contribution in [1.29, 1.82) is 0 Å². The van der Waals surface area contributed by atoms with Crippen LogP contribution in [0.25, 0.3) is 44.8 Å². The molecule has 0 aliphatic rings. The Bertz CT molecular complexity index is 1570. The standard InChI is InChI=1S/C12H9BrN4.C11H7BrN4.C2H6/c1-17-12-8(4-3-7-14-12)11(16-17)9-5-2-6-10(13)15-9;12-9-5-1-4-8(14-9)10-7-3-2-6-13-11(7)16-15-10;1-2/h2-7H,1H3;1-6H,(H,13,15,16);1-2H3. The van der Waals surface area contributed by atoms with Crippen molar-refractivity contribution in [2.45, 2.75) is 13.8 Å². The van der Waals surface area contributed by atoms with Gasteiger partial charge in [0.25, 0.3) is 0 Å². The lowest BCUT2D eigenvalue weighted by molar-refractivity contribution is 0.788. The fraction of sp³-hybridized carbons (Fsp3) is 0.120. The number of nitrogens with zero attached hydrogens (tertiary/aromatic N) is 7. The van der Waals surface area contributed by atoms with Gasteiger partial charge in [0.05, 0.1) is 17.1 Å². The largest absolute Gasteiger partial charge is 0.273 e. The highest BCUT2D eigenvalue weighted by Crippen LogP contribution is 2.26. The zero-order valence-corrected chi connectivity index (χ0v) is 22.5. The maximum Gasteiger partial charge on any atom is 0.181 e. The van der Waals surface area contributed by atoms with Gasteiger partial charge in [0.1, 0.15) is 14.9 Å². The summed E-state index contributed by atoms with van der Waals surface area (Å²) in [6.45, 7) is 4.00. The van der Waals surface area contributed by atoms with Crippen LogP contribution in [0.3, 0.4) is 0 Å². The molecule has 0 aliphatic heterocycles. The van der Waals surface area contributed by atoms with Crippen molar-refractivity contribution in [3.8, 4) is 22.8 Å². The minimum atomic E-state index is 0.708. The van der Waals surface area contributed by atoms with Crippen LogP contribution in [-0.4, -0.2) is 39.9 Å². The molecule has 10 heteroatoms. The smallest absolute Gasteiger partial charge is 0.181 e. The summed E-state index contributed by atoms with van der Waals surface area (Å²) in [5.74, 6) is 0. The van der Waals surface area contributed by atoms with Gasteiger partial charge in [-0.2, -0.15) is 10.2 Å². The average Bonchev–Trinajstić information content (AvgIpc) is 3.47. The SMILES string of the molecule is Brc1cccc(-c2[nH]nc3ncccc23)n1.CC.Cn1nc(-c2cccc(Br)n2)c2cccnc21. The van der Waals surface area contributed by atoms with Gasteiger partial charge in [0.2, 0.25) is 0 Å². The van der Waals surface area contributed by atoms with Crippen LogP contribution in [0.5, 0.6) is 0 Å². The number of pyridine rings is 4.